The van der Waals surface area contributed by atoms with E-state index in [9.17, 15) is 0 Å². The Kier molecular flexibility index (Phi) is 3.99. The fourth-order valence-corrected chi connectivity index (χ4v) is 2.67. The van der Waals surface area contributed by atoms with Crippen molar-refractivity contribution in [1.29, 1.82) is 0 Å². The second-order valence-corrected chi connectivity index (χ2v) is 5.57. The maximum absolute atomic E-state index is 5.87. The summed E-state index contributed by atoms with van der Waals surface area (Å²) in [4.78, 5) is 1.14. The zero-order chi connectivity index (χ0) is 13.8. The van der Waals surface area contributed by atoms with Crippen molar-refractivity contribution in [1.82, 2.24) is 20.2 Å². The van der Waals surface area contributed by atoms with Crippen LogP contribution in [-0.4, -0.2) is 20.2 Å². The van der Waals surface area contributed by atoms with Gasteiger partial charge in [-0.15, -0.1) is 16.9 Å². The summed E-state index contributed by atoms with van der Waals surface area (Å²) in [5, 5.41) is 12.6. The lowest BCUT2D eigenvalue weighted by molar-refractivity contribution is 0.777. The topological polar surface area (TPSA) is 43.6 Å². The minimum atomic E-state index is 0.698. The number of tetrazole rings is 1. The molecule has 0 saturated heterocycles. The third-order valence-electron chi connectivity index (χ3n) is 2.72. The summed E-state index contributed by atoms with van der Waals surface area (Å²) in [6, 6.07) is 17.6. The molecule has 0 N–H and O–H groups in total. The molecule has 0 aliphatic carbocycles. The maximum atomic E-state index is 5.87. The summed E-state index contributed by atoms with van der Waals surface area (Å²) < 4.78 is 1.75. The molecule has 0 spiro atoms. The lowest BCUT2D eigenvalue weighted by atomic mass is 10.3. The van der Waals surface area contributed by atoms with E-state index in [1.165, 1.54) is 0 Å². The summed E-state index contributed by atoms with van der Waals surface area (Å²) in [7, 11) is 0. The molecule has 0 bridgehead atoms. The second kappa shape index (κ2) is 6.07. The number of rotatable bonds is 4. The number of para-hydroxylation sites is 1. The van der Waals surface area contributed by atoms with Crippen LogP contribution in [0.2, 0.25) is 5.02 Å². The van der Waals surface area contributed by atoms with Gasteiger partial charge >= 0.3 is 0 Å². The molecule has 0 atom stereocenters. The zero-order valence-electron chi connectivity index (χ0n) is 10.5. The molecule has 0 fully saturated rings. The fourth-order valence-electron chi connectivity index (χ4n) is 1.74. The van der Waals surface area contributed by atoms with E-state index in [0.29, 0.717) is 5.75 Å². The van der Waals surface area contributed by atoms with Crippen molar-refractivity contribution in [2.24, 2.45) is 0 Å². The van der Waals surface area contributed by atoms with Gasteiger partial charge < -0.3 is 0 Å². The highest BCUT2D eigenvalue weighted by molar-refractivity contribution is 7.98. The molecule has 0 amide bonds. The average Bonchev–Trinajstić information content (AvgIpc) is 2.96. The number of halogens is 1. The van der Waals surface area contributed by atoms with Gasteiger partial charge in [0.2, 0.25) is 0 Å². The molecule has 0 unspecified atom stereocenters. The molecular weight excluding hydrogens is 292 g/mol. The van der Waals surface area contributed by atoms with Gasteiger partial charge in [-0.1, -0.05) is 29.8 Å². The third kappa shape index (κ3) is 3.00. The Morgan fingerprint density at radius 3 is 2.50 bits per heavy atom. The van der Waals surface area contributed by atoms with E-state index in [0.717, 1.165) is 21.4 Å². The Morgan fingerprint density at radius 1 is 1.00 bits per heavy atom. The third-order valence-corrected chi connectivity index (χ3v) is 3.98. The van der Waals surface area contributed by atoms with E-state index in [1.54, 1.807) is 16.4 Å². The highest BCUT2D eigenvalue weighted by Crippen LogP contribution is 2.23. The molecule has 3 aromatic rings. The molecule has 3 rings (SSSR count). The molecule has 0 aliphatic rings. The second-order valence-electron chi connectivity index (χ2n) is 4.09. The molecule has 4 nitrogen and oxygen atoms in total. The molecule has 2 aromatic carbocycles. The highest BCUT2D eigenvalue weighted by atomic mass is 35.5. The number of hydrogen-bond acceptors (Lipinski definition) is 4. The Bertz CT molecular complexity index is 682. The van der Waals surface area contributed by atoms with Crippen LogP contribution in [0.15, 0.2) is 59.5 Å². The smallest absolute Gasteiger partial charge is 0.166 e. The van der Waals surface area contributed by atoms with Gasteiger partial charge in [-0.25, -0.2) is 0 Å². The van der Waals surface area contributed by atoms with Crippen molar-refractivity contribution >= 4 is 23.4 Å². The van der Waals surface area contributed by atoms with Gasteiger partial charge in [-0.2, -0.15) is 4.68 Å². The lowest BCUT2D eigenvalue weighted by Crippen LogP contribution is -2.01. The minimum absolute atomic E-state index is 0.698. The summed E-state index contributed by atoms with van der Waals surface area (Å²) in [5.74, 6) is 1.51. The van der Waals surface area contributed by atoms with Gasteiger partial charge in [0.1, 0.15) is 0 Å². The van der Waals surface area contributed by atoms with Crippen LogP contribution in [0.4, 0.5) is 0 Å². The number of hydrogen-bond donors (Lipinski definition) is 0. The van der Waals surface area contributed by atoms with Crippen LogP contribution in [-0.2, 0) is 5.75 Å². The lowest BCUT2D eigenvalue weighted by Gasteiger charge is -2.04. The van der Waals surface area contributed by atoms with E-state index >= 15 is 0 Å². The number of benzene rings is 2. The largest absolute Gasteiger partial charge is 0.196 e. The van der Waals surface area contributed by atoms with Crippen molar-refractivity contribution in [2.75, 3.05) is 0 Å². The molecule has 1 aromatic heterocycles. The van der Waals surface area contributed by atoms with Crippen molar-refractivity contribution in [3.63, 3.8) is 0 Å². The molecule has 0 saturated carbocycles. The van der Waals surface area contributed by atoms with Crippen LogP contribution in [0.5, 0.6) is 0 Å². The summed E-state index contributed by atoms with van der Waals surface area (Å²) in [6.45, 7) is 0. The van der Waals surface area contributed by atoms with Gasteiger partial charge in [0.25, 0.3) is 0 Å². The van der Waals surface area contributed by atoms with Crippen molar-refractivity contribution < 1.29 is 0 Å². The van der Waals surface area contributed by atoms with Gasteiger partial charge in [0.15, 0.2) is 5.82 Å². The van der Waals surface area contributed by atoms with Crippen LogP contribution in [0.1, 0.15) is 5.82 Å². The zero-order valence-corrected chi connectivity index (χ0v) is 12.1. The first-order chi connectivity index (χ1) is 9.83. The number of thioether (sulfide) groups is 1. The highest BCUT2D eigenvalue weighted by Gasteiger charge is 2.08. The van der Waals surface area contributed by atoms with Crippen molar-refractivity contribution in [3.05, 3.63) is 65.4 Å². The maximum Gasteiger partial charge on any atom is 0.166 e. The summed E-state index contributed by atoms with van der Waals surface area (Å²) in [5.41, 5.74) is 0.962. The van der Waals surface area contributed by atoms with Gasteiger partial charge in [-0.3, -0.25) is 0 Å². The number of nitrogens with zero attached hydrogens (tertiary/aromatic N) is 4. The van der Waals surface area contributed by atoms with Crippen LogP contribution in [0.3, 0.4) is 0 Å². The van der Waals surface area contributed by atoms with Gasteiger partial charge in [0.05, 0.1) is 11.4 Å². The molecule has 0 radical (unpaired) electrons. The molecule has 1 heterocycles. The Labute approximate surface area is 125 Å². The first-order valence-electron chi connectivity index (χ1n) is 6.04. The van der Waals surface area contributed by atoms with E-state index in [2.05, 4.69) is 15.5 Å². The Hall–Kier alpha value is -1.85. The van der Waals surface area contributed by atoms with Crippen LogP contribution < -0.4 is 0 Å². The first kappa shape index (κ1) is 13.1. The van der Waals surface area contributed by atoms with Gasteiger partial charge in [0, 0.05) is 9.92 Å². The van der Waals surface area contributed by atoms with Crippen LogP contribution in [0.25, 0.3) is 5.69 Å². The summed E-state index contributed by atoms with van der Waals surface area (Å²) in [6.07, 6.45) is 0. The molecular formula is C14H11ClN4S. The van der Waals surface area contributed by atoms with E-state index in [1.807, 2.05) is 54.6 Å². The Morgan fingerprint density at radius 2 is 1.75 bits per heavy atom. The predicted octanol–water partition coefficient (Wildman–Crippen LogP) is 3.61. The van der Waals surface area contributed by atoms with Crippen molar-refractivity contribution in [2.45, 2.75) is 10.6 Å². The standard InChI is InChI=1S/C14H11ClN4S/c15-11-6-8-13(9-7-11)20-10-14-16-17-18-19(14)12-4-2-1-3-5-12/h1-9H,10H2. The van der Waals surface area contributed by atoms with Crippen LogP contribution >= 0.6 is 23.4 Å². The van der Waals surface area contributed by atoms with Crippen LogP contribution in [0, 0.1) is 0 Å². The normalized spacial score (nSPS) is 10.7. The SMILES string of the molecule is Clc1ccc(SCc2nnnn2-c2ccccc2)cc1. The van der Waals surface area contributed by atoms with Gasteiger partial charge in [-0.05, 0) is 46.8 Å². The molecule has 6 heteroatoms. The summed E-state index contributed by atoms with van der Waals surface area (Å²) >= 11 is 7.54. The minimum Gasteiger partial charge on any atom is -0.196 e. The quantitative estimate of drug-likeness (QED) is 0.691. The van der Waals surface area contributed by atoms with E-state index in [4.69, 9.17) is 11.6 Å². The predicted molar refractivity (Wildman–Crippen MR) is 80.2 cm³/mol. The molecule has 100 valence electrons. The van der Waals surface area contributed by atoms with Crippen molar-refractivity contribution in [3.8, 4) is 5.69 Å². The average molecular weight is 303 g/mol. The Balaban J connectivity index is 1.76. The van der Waals surface area contributed by atoms with E-state index < -0.39 is 0 Å². The molecule has 20 heavy (non-hydrogen) atoms. The monoisotopic (exact) mass is 302 g/mol. The first-order valence-corrected chi connectivity index (χ1v) is 7.40. The number of aromatic nitrogens is 4. The molecule has 0 aliphatic heterocycles. The fraction of sp³-hybridized carbons (Fsp3) is 0.0714. The van der Waals surface area contributed by atoms with E-state index in [-0.39, 0.29) is 0 Å².